The number of rotatable bonds is 6. The lowest BCUT2D eigenvalue weighted by Crippen LogP contribution is -2.40. The van der Waals surface area contributed by atoms with Crippen molar-refractivity contribution in [3.05, 3.63) is 53.6 Å². The number of carbonyl (C=O) groups is 1. The fourth-order valence-corrected chi connectivity index (χ4v) is 4.80. The summed E-state index contributed by atoms with van der Waals surface area (Å²) in [6.07, 6.45) is 0. The molecule has 1 amide bonds. The zero-order chi connectivity index (χ0) is 23.6. The van der Waals surface area contributed by atoms with Crippen LogP contribution in [0.25, 0.3) is 5.69 Å². The van der Waals surface area contributed by atoms with Gasteiger partial charge in [-0.2, -0.15) is 8.99 Å². The highest BCUT2D eigenvalue weighted by Gasteiger charge is 2.28. The van der Waals surface area contributed by atoms with Gasteiger partial charge in [0.15, 0.2) is 5.82 Å². The van der Waals surface area contributed by atoms with Crippen molar-refractivity contribution < 1.29 is 27.1 Å². The van der Waals surface area contributed by atoms with Gasteiger partial charge in [0.1, 0.15) is 11.6 Å². The Labute approximate surface area is 189 Å². The molecule has 13 heteroatoms. The monoisotopic (exact) mass is 476 g/mol. The molecule has 3 aromatic rings. The van der Waals surface area contributed by atoms with Crippen LogP contribution >= 0.6 is 0 Å². The van der Waals surface area contributed by atoms with Crippen LogP contribution in [0.5, 0.6) is 5.75 Å². The number of nitrogens with zero attached hydrogens (tertiary/aromatic N) is 5. The number of anilines is 1. The first-order chi connectivity index (χ1) is 15.8. The zero-order valence-corrected chi connectivity index (χ0v) is 18.7. The molecule has 1 fully saturated rings. The lowest BCUT2D eigenvalue weighted by atomic mass is 10.1. The van der Waals surface area contributed by atoms with Crippen molar-refractivity contribution in [1.29, 1.82) is 0 Å². The van der Waals surface area contributed by atoms with Crippen LogP contribution in [0.3, 0.4) is 0 Å². The second kappa shape index (κ2) is 9.21. The lowest BCUT2D eigenvalue weighted by Gasteiger charge is -2.26. The lowest BCUT2D eigenvalue weighted by molar-refractivity contribution is 0.0730. The Hall–Kier alpha value is -3.42. The van der Waals surface area contributed by atoms with Crippen LogP contribution < -0.4 is 10.1 Å². The Morgan fingerprint density at radius 2 is 1.94 bits per heavy atom. The number of amides is 1. The maximum Gasteiger partial charge on any atom is 0.259 e. The molecule has 0 unspecified atom stereocenters. The molecule has 11 nitrogen and oxygen atoms in total. The number of hydrogen-bond acceptors (Lipinski definition) is 8. The van der Waals surface area contributed by atoms with Gasteiger partial charge in [0.25, 0.3) is 5.91 Å². The molecule has 1 N–H and O–H groups in total. The number of nitrogens with one attached hydrogen (secondary N) is 1. The molecule has 2 aromatic carbocycles. The summed E-state index contributed by atoms with van der Waals surface area (Å²) in [5.74, 6) is -0.813. The first-order valence-electron chi connectivity index (χ1n) is 9.93. The SMILES string of the molecule is COc1ccc(S(=O)(=O)N2CCOCC2)cc1C(=O)Nc1cc(-n2nnnc2C)ccc1F. The van der Waals surface area contributed by atoms with Crippen molar-refractivity contribution in [3.63, 3.8) is 0 Å². The highest BCUT2D eigenvalue weighted by molar-refractivity contribution is 7.89. The summed E-state index contributed by atoms with van der Waals surface area (Å²) < 4.78 is 53.6. The zero-order valence-electron chi connectivity index (χ0n) is 17.9. The average Bonchev–Trinajstić information content (AvgIpc) is 3.26. The standard InChI is InChI=1S/C20H21FN6O5S/c1-13-23-24-25-27(13)14-3-5-17(21)18(11-14)22-20(28)16-12-15(4-6-19(16)31-2)33(29,30)26-7-9-32-10-8-26/h3-6,11-12H,7-10H2,1-2H3,(H,22,28). The summed E-state index contributed by atoms with van der Waals surface area (Å²) in [4.78, 5) is 13.0. The number of aryl methyl sites for hydroxylation is 1. The van der Waals surface area contributed by atoms with Crippen molar-refractivity contribution in [2.24, 2.45) is 0 Å². The van der Waals surface area contributed by atoms with Crippen molar-refractivity contribution >= 4 is 21.6 Å². The van der Waals surface area contributed by atoms with E-state index in [0.29, 0.717) is 24.7 Å². The minimum atomic E-state index is -3.85. The number of tetrazole rings is 1. The van der Waals surface area contributed by atoms with Crippen molar-refractivity contribution in [1.82, 2.24) is 24.5 Å². The summed E-state index contributed by atoms with van der Waals surface area (Å²) in [5, 5.41) is 13.6. The first-order valence-corrected chi connectivity index (χ1v) is 11.4. The fourth-order valence-electron chi connectivity index (χ4n) is 3.36. The number of ether oxygens (including phenoxy) is 2. The number of benzene rings is 2. The maximum absolute atomic E-state index is 14.5. The Balaban J connectivity index is 1.66. The van der Waals surface area contributed by atoms with Crippen LogP contribution in [0.1, 0.15) is 16.2 Å². The van der Waals surface area contributed by atoms with Crippen LogP contribution in [0, 0.1) is 12.7 Å². The summed E-state index contributed by atoms with van der Waals surface area (Å²) in [6, 6.07) is 7.97. The topological polar surface area (TPSA) is 129 Å². The molecule has 1 aliphatic rings. The average molecular weight is 476 g/mol. The second-order valence-electron chi connectivity index (χ2n) is 7.13. The van der Waals surface area contributed by atoms with E-state index in [1.165, 1.54) is 52.5 Å². The van der Waals surface area contributed by atoms with E-state index in [0.717, 1.165) is 0 Å². The molecule has 0 spiro atoms. The minimum Gasteiger partial charge on any atom is -0.496 e. The predicted octanol–water partition coefficient (Wildman–Crippen LogP) is 1.39. The highest BCUT2D eigenvalue weighted by Crippen LogP contribution is 2.27. The smallest absolute Gasteiger partial charge is 0.259 e. The molecule has 1 aromatic heterocycles. The van der Waals surface area contributed by atoms with Gasteiger partial charge in [-0.25, -0.2) is 12.8 Å². The molecule has 2 heterocycles. The minimum absolute atomic E-state index is 0.0600. The number of halogens is 1. The summed E-state index contributed by atoms with van der Waals surface area (Å²) >= 11 is 0. The third-order valence-electron chi connectivity index (χ3n) is 5.09. The Morgan fingerprint density at radius 3 is 2.61 bits per heavy atom. The Morgan fingerprint density at radius 1 is 1.18 bits per heavy atom. The third kappa shape index (κ3) is 4.55. The van der Waals surface area contributed by atoms with E-state index < -0.39 is 21.7 Å². The summed E-state index contributed by atoms with van der Waals surface area (Å²) in [7, 11) is -2.50. The molecular formula is C20H21FN6O5S. The van der Waals surface area contributed by atoms with Gasteiger partial charge in [-0.1, -0.05) is 0 Å². The van der Waals surface area contributed by atoms with E-state index in [4.69, 9.17) is 9.47 Å². The van der Waals surface area contributed by atoms with Crippen molar-refractivity contribution in [2.75, 3.05) is 38.7 Å². The van der Waals surface area contributed by atoms with E-state index in [2.05, 4.69) is 20.8 Å². The van der Waals surface area contributed by atoms with Gasteiger partial charge in [0.05, 0.1) is 42.2 Å². The number of aromatic nitrogens is 4. The molecule has 1 saturated heterocycles. The molecule has 33 heavy (non-hydrogen) atoms. The van der Waals surface area contributed by atoms with E-state index in [1.54, 1.807) is 6.92 Å². The molecule has 0 bridgehead atoms. The molecule has 174 valence electrons. The Bertz CT molecular complexity index is 1290. The van der Waals surface area contributed by atoms with Crippen molar-refractivity contribution in [3.8, 4) is 11.4 Å². The third-order valence-corrected chi connectivity index (χ3v) is 6.99. The fraction of sp³-hybridized carbons (Fsp3) is 0.300. The van der Waals surface area contributed by atoms with E-state index >= 15 is 0 Å². The molecule has 4 rings (SSSR count). The van der Waals surface area contributed by atoms with Crippen LogP contribution in [0.4, 0.5) is 10.1 Å². The number of morpholine rings is 1. The van der Waals surface area contributed by atoms with E-state index in [-0.39, 0.29) is 35.0 Å². The van der Waals surface area contributed by atoms with Gasteiger partial charge in [-0.05, 0) is 53.7 Å². The molecule has 1 aliphatic heterocycles. The van der Waals surface area contributed by atoms with Gasteiger partial charge in [-0.15, -0.1) is 5.10 Å². The molecule has 0 atom stereocenters. The normalized spacial score (nSPS) is 14.8. The number of carbonyl (C=O) groups excluding carboxylic acids is 1. The number of methoxy groups -OCH3 is 1. The Kier molecular flexibility index (Phi) is 6.35. The van der Waals surface area contributed by atoms with Gasteiger partial charge in [0, 0.05) is 13.1 Å². The second-order valence-corrected chi connectivity index (χ2v) is 9.07. The maximum atomic E-state index is 14.5. The molecule has 0 saturated carbocycles. The van der Waals surface area contributed by atoms with E-state index in [9.17, 15) is 17.6 Å². The summed E-state index contributed by atoms with van der Waals surface area (Å²) in [5.41, 5.74) is 0.246. The van der Waals surface area contributed by atoms with Gasteiger partial charge in [0.2, 0.25) is 10.0 Å². The summed E-state index contributed by atoms with van der Waals surface area (Å²) in [6.45, 7) is 2.68. The van der Waals surface area contributed by atoms with Crippen LogP contribution in [0.2, 0.25) is 0 Å². The van der Waals surface area contributed by atoms with Crippen LogP contribution in [-0.4, -0.2) is 72.3 Å². The van der Waals surface area contributed by atoms with Crippen molar-refractivity contribution in [2.45, 2.75) is 11.8 Å². The number of hydrogen-bond donors (Lipinski definition) is 1. The first kappa shape index (κ1) is 22.8. The molecule has 0 aliphatic carbocycles. The van der Waals surface area contributed by atoms with E-state index in [1.807, 2.05) is 0 Å². The van der Waals surface area contributed by atoms with Crippen LogP contribution in [-0.2, 0) is 14.8 Å². The highest BCUT2D eigenvalue weighted by atomic mass is 32.2. The van der Waals surface area contributed by atoms with Crippen LogP contribution in [0.15, 0.2) is 41.3 Å². The van der Waals surface area contributed by atoms with Gasteiger partial charge < -0.3 is 14.8 Å². The van der Waals surface area contributed by atoms with Gasteiger partial charge in [-0.3, -0.25) is 4.79 Å². The molecular weight excluding hydrogens is 455 g/mol. The largest absolute Gasteiger partial charge is 0.496 e. The number of sulfonamides is 1. The molecule has 0 radical (unpaired) electrons. The van der Waals surface area contributed by atoms with Gasteiger partial charge >= 0.3 is 0 Å². The predicted molar refractivity (Wildman–Crippen MR) is 114 cm³/mol. The quantitative estimate of drug-likeness (QED) is 0.565.